The molecule has 0 radical (unpaired) electrons. The molecular formula is C15H16O3S. The van der Waals surface area contributed by atoms with Crippen LogP contribution in [0.4, 0.5) is 0 Å². The van der Waals surface area contributed by atoms with Crippen LogP contribution in [0.15, 0.2) is 60.7 Å². The van der Waals surface area contributed by atoms with Gasteiger partial charge in [-0.25, -0.2) is 0 Å². The van der Waals surface area contributed by atoms with Crippen LogP contribution in [0.2, 0.25) is 0 Å². The first-order valence-electron chi connectivity index (χ1n) is 5.75. The Balaban J connectivity index is 0.000000312. The van der Waals surface area contributed by atoms with Crippen molar-refractivity contribution in [1.29, 1.82) is 0 Å². The maximum Gasteiger partial charge on any atom is 0.313 e. The van der Waals surface area contributed by atoms with Gasteiger partial charge in [-0.2, -0.15) is 12.6 Å². The molecule has 4 heteroatoms. The molecule has 0 aromatic heterocycles. The van der Waals surface area contributed by atoms with Gasteiger partial charge in [-0.15, -0.1) is 0 Å². The third kappa shape index (κ3) is 5.59. The second kappa shape index (κ2) is 8.34. The van der Waals surface area contributed by atoms with E-state index in [2.05, 4.69) is 12.6 Å². The number of benzene rings is 2. The Morgan fingerprint density at radius 1 is 0.947 bits per heavy atom. The topological polar surface area (TPSA) is 57.5 Å². The molecule has 2 aromatic rings. The van der Waals surface area contributed by atoms with Gasteiger partial charge in [0, 0.05) is 0 Å². The number of carbonyl (C=O) groups is 1. The summed E-state index contributed by atoms with van der Waals surface area (Å²) in [6.45, 7) is 0. The normalized spacial score (nSPS) is 9.63. The molecule has 3 nitrogen and oxygen atoms in total. The Kier molecular flexibility index (Phi) is 6.71. The van der Waals surface area contributed by atoms with Crippen LogP contribution in [-0.4, -0.2) is 21.9 Å². The highest BCUT2D eigenvalue weighted by Crippen LogP contribution is 2.20. The molecule has 0 aliphatic heterocycles. The lowest BCUT2D eigenvalue weighted by Gasteiger charge is -2.10. The molecule has 0 saturated carbocycles. The molecule has 0 saturated heterocycles. The number of aliphatic hydroxyl groups is 1. The van der Waals surface area contributed by atoms with Gasteiger partial charge in [0.05, 0.1) is 5.75 Å². The minimum Gasteiger partial charge on any atom is -0.481 e. The fourth-order valence-electron chi connectivity index (χ4n) is 1.46. The first kappa shape index (κ1) is 15.3. The number of hydrogen-bond donors (Lipinski definition) is 3. The van der Waals surface area contributed by atoms with Crippen LogP contribution in [0.1, 0.15) is 17.2 Å². The van der Waals surface area contributed by atoms with Gasteiger partial charge < -0.3 is 10.2 Å². The van der Waals surface area contributed by atoms with E-state index < -0.39 is 12.1 Å². The van der Waals surface area contributed by atoms with Gasteiger partial charge in [0.25, 0.3) is 0 Å². The van der Waals surface area contributed by atoms with Crippen LogP contribution in [0.5, 0.6) is 0 Å². The fourth-order valence-corrected chi connectivity index (χ4v) is 1.46. The van der Waals surface area contributed by atoms with Crippen molar-refractivity contribution in [1.82, 2.24) is 0 Å². The Bertz CT molecular complexity index is 446. The van der Waals surface area contributed by atoms with E-state index in [0.29, 0.717) is 0 Å². The highest BCUT2D eigenvalue weighted by molar-refractivity contribution is 7.81. The summed E-state index contributed by atoms with van der Waals surface area (Å²) in [5.41, 5.74) is 1.86. The van der Waals surface area contributed by atoms with Crippen molar-refractivity contribution in [2.24, 2.45) is 0 Å². The van der Waals surface area contributed by atoms with Gasteiger partial charge in [-0.1, -0.05) is 60.7 Å². The van der Waals surface area contributed by atoms with E-state index in [9.17, 15) is 9.90 Å². The number of carboxylic acid groups (broad SMARTS) is 1. The second-order valence-electron chi connectivity index (χ2n) is 3.78. The summed E-state index contributed by atoms with van der Waals surface area (Å²) >= 11 is 3.42. The molecule has 2 rings (SSSR count). The van der Waals surface area contributed by atoms with Crippen molar-refractivity contribution < 1.29 is 15.0 Å². The fraction of sp³-hybridized carbons (Fsp3) is 0.133. The van der Waals surface area contributed by atoms with Crippen LogP contribution in [0.3, 0.4) is 0 Å². The lowest BCUT2D eigenvalue weighted by Crippen LogP contribution is -1.98. The Morgan fingerprint density at radius 2 is 1.26 bits per heavy atom. The van der Waals surface area contributed by atoms with E-state index in [1.54, 1.807) is 0 Å². The Labute approximate surface area is 117 Å². The van der Waals surface area contributed by atoms with Gasteiger partial charge >= 0.3 is 5.97 Å². The zero-order chi connectivity index (χ0) is 14.1. The molecule has 0 heterocycles. The molecule has 0 aliphatic carbocycles. The largest absolute Gasteiger partial charge is 0.481 e. The predicted molar refractivity (Wildman–Crippen MR) is 78.4 cm³/mol. The standard InChI is InChI=1S/C13H12O.C2H4O2S/c14-13(11-7-3-1-4-8-11)12-9-5-2-6-10-12;3-2(4)1-5/h1-10,13-14H;5H,1H2,(H,3,4). The van der Waals surface area contributed by atoms with Crippen molar-refractivity contribution in [3.8, 4) is 0 Å². The third-order valence-corrected chi connectivity index (χ3v) is 2.64. The van der Waals surface area contributed by atoms with E-state index in [1.165, 1.54) is 0 Å². The summed E-state index contributed by atoms with van der Waals surface area (Å²) in [4.78, 5) is 9.29. The molecule has 0 fully saturated rings. The third-order valence-electron chi connectivity index (χ3n) is 2.37. The van der Waals surface area contributed by atoms with E-state index in [4.69, 9.17) is 5.11 Å². The maximum absolute atomic E-state index is 9.99. The zero-order valence-electron chi connectivity index (χ0n) is 10.3. The number of aliphatic carboxylic acids is 1. The van der Waals surface area contributed by atoms with Crippen LogP contribution >= 0.6 is 12.6 Å². The van der Waals surface area contributed by atoms with E-state index in [0.717, 1.165) is 11.1 Å². The summed E-state index contributed by atoms with van der Waals surface area (Å²) in [6, 6.07) is 19.3. The minimum absolute atomic E-state index is 0.0833. The molecule has 2 aromatic carbocycles. The van der Waals surface area contributed by atoms with Crippen molar-refractivity contribution in [3.05, 3.63) is 71.8 Å². The van der Waals surface area contributed by atoms with Crippen LogP contribution in [0, 0.1) is 0 Å². The second-order valence-corrected chi connectivity index (χ2v) is 4.09. The Morgan fingerprint density at radius 3 is 1.53 bits per heavy atom. The van der Waals surface area contributed by atoms with Crippen LogP contribution in [0.25, 0.3) is 0 Å². The molecule has 2 N–H and O–H groups in total. The molecule has 100 valence electrons. The lowest BCUT2D eigenvalue weighted by molar-refractivity contribution is -0.133. The van der Waals surface area contributed by atoms with Crippen LogP contribution in [-0.2, 0) is 4.79 Å². The van der Waals surface area contributed by atoms with E-state index in [-0.39, 0.29) is 5.75 Å². The molecule has 0 aliphatic rings. The summed E-state index contributed by atoms with van der Waals surface area (Å²) in [7, 11) is 0. The SMILES string of the molecule is O=C(O)CS.OC(c1ccccc1)c1ccccc1. The average molecular weight is 276 g/mol. The summed E-state index contributed by atoms with van der Waals surface area (Å²) in [6.07, 6.45) is -0.516. The predicted octanol–water partition coefficient (Wildman–Crippen LogP) is 2.77. The molecule has 0 amide bonds. The van der Waals surface area contributed by atoms with Gasteiger partial charge in [0.15, 0.2) is 0 Å². The number of rotatable bonds is 3. The van der Waals surface area contributed by atoms with Gasteiger partial charge in [0.2, 0.25) is 0 Å². The summed E-state index contributed by atoms with van der Waals surface area (Å²) < 4.78 is 0. The highest BCUT2D eigenvalue weighted by Gasteiger charge is 2.07. The quantitative estimate of drug-likeness (QED) is 0.756. The first-order valence-corrected chi connectivity index (χ1v) is 6.39. The minimum atomic E-state index is -0.881. The Hall–Kier alpha value is -1.78. The summed E-state index contributed by atoms with van der Waals surface area (Å²) in [5, 5.41) is 17.6. The molecule has 0 unspecified atom stereocenters. The highest BCUT2D eigenvalue weighted by atomic mass is 32.1. The lowest BCUT2D eigenvalue weighted by atomic mass is 10.0. The molecular weight excluding hydrogens is 260 g/mol. The molecule has 0 atom stereocenters. The smallest absolute Gasteiger partial charge is 0.313 e. The zero-order valence-corrected chi connectivity index (χ0v) is 11.2. The van der Waals surface area contributed by atoms with Crippen molar-refractivity contribution in [2.45, 2.75) is 6.10 Å². The van der Waals surface area contributed by atoms with Gasteiger partial charge in [-0.3, -0.25) is 4.79 Å². The van der Waals surface area contributed by atoms with Crippen molar-refractivity contribution in [2.75, 3.05) is 5.75 Å². The average Bonchev–Trinajstić information content (AvgIpc) is 2.49. The number of thiol groups is 1. The maximum atomic E-state index is 9.99. The van der Waals surface area contributed by atoms with Crippen molar-refractivity contribution in [3.63, 3.8) is 0 Å². The van der Waals surface area contributed by atoms with Crippen LogP contribution < -0.4 is 0 Å². The van der Waals surface area contributed by atoms with Gasteiger partial charge in [-0.05, 0) is 11.1 Å². The van der Waals surface area contributed by atoms with E-state index in [1.807, 2.05) is 60.7 Å². The van der Waals surface area contributed by atoms with Gasteiger partial charge in [0.1, 0.15) is 6.10 Å². The number of hydrogen-bond acceptors (Lipinski definition) is 3. The number of aliphatic hydroxyl groups excluding tert-OH is 1. The monoisotopic (exact) mass is 276 g/mol. The van der Waals surface area contributed by atoms with E-state index >= 15 is 0 Å². The number of carboxylic acids is 1. The first-order chi connectivity index (χ1) is 9.15. The molecule has 19 heavy (non-hydrogen) atoms. The molecule has 0 spiro atoms. The molecule has 0 bridgehead atoms. The van der Waals surface area contributed by atoms with Crippen molar-refractivity contribution >= 4 is 18.6 Å². The summed E-state index contributed by atoms with van der Waals surface area (Å²) in [5.74, 6) is -0.965.